The van der Waals surface area contributed by atoms with Gasteiger partial charge in [-0.05, 0) is 0 Å². The van der Waals surface area contributed by atoms with Crippen molar-refractivity contribution in [3.05, 3.63) is 0 Å². The third-order valence-electron chi connectivity index (χ3n) is 0.238. The Hall–Kier alpha value is 0.669. The van der Waals surface area contributed by atoms with Crippen LogP contribution in [0.2, 0.25) is 5.82 Å². The fourth-order valence-corrected chi connectivity index (χ4v) is 0. The summed E-state index contributed by atoms with van der Waals surface area (Å²) >= 11 is -0.521. The zero-order valence-electron chi connectivity index (χ0n) is 3.16. The van der Waals surface area contributed by atoms with Gasteiger partial charge in [0.1, 0.15) is 0 Å². The topological polar surface area (TPSA) is 57.5 Å². The summed E-state index contributed by atoms with van der Waals surface area (Å²) in [5.41, 5.74) is 0. The maximum atomic E-state index is 9.72. The number of hydrogen-bond donors (Lipinski definition) is 2. The summed E-state index contributed by atoms with van der Waals surface area (Å²) in [6.45, 7) is 0. The van der Waals surface area contributed by atoms with Gasteiger partial charge in [0.05, 0.1) is 0 Å². The normalized spacial score (nSPS) is 11.8. The Morgan fingerprint density at radius 2 is 1.83 bits per heavy atom. The SMILES string of the molecule is C[Se]P(=O)(O)O. The van der Waals surface area contributed by atoms with Gasteiger partial charge in [-0.1, -0.05) is 0 Å². The fraction of sp³-hybridized carbons (Fsp3) is 1.00. The van der Waals surface area contributed by atoms with Gasteiger partial charge >= 0.3 is 41.0 Å². The molecular formula is CH5O3PSe. The fourth-order valence-electron chi connectivity index (χ4n) is 0. The van der Waals surface area contributed by atoms with Crippen LogP contribution in [0, 0.1) is 0 Å². The average molecular weight is 175 g/mol. The Kier molecular flexibility index (Phi) is 2.34. The van der Waals surface area contributed by atoms with Crippen LogP contribution in [0.25, 0.3) is 0 Å². The van der Waals surface area contributed by atoms with E-state index in [1.807, 2.05) is 0 Å². The van der Waals surface area contributed by atoms with E-state index in [2.05, 4.69) is 0 Å². The molecule has 6 heavy (non-hydrogen) atoms. The van der Waals surface area contributed by atoms with E-state index in [0.29, 0.717) is 0 Å². The first-order valence-electron chi connectivity index (χ1n) is 1.17. The molecule has 0 rings (SSSR count). The molecule has 0 unspecified atom stereocenters. The van der Waals surface area contributed by atoms with Crippen LogP contribution < -0.4 is 0 Å². The number of rotatable bonds is 1. The number of hydrogen-bond acceptors (Lipinski definition) is 1. The molecule has 38 valence electrons. The summed E-state index contributed by atoms with van der Waals surface area (Å²) in [6, 6.07) is 0. The molecule has 0 aromatic heterocycles. The molecule has 0 saturated heterocycles. The Labute approximate surface area is 41.7 Å². The predicted molar refractivity (Wildman–Crippen MR) is 23.7 cm³/mol. The Bertz CT molecular complexity index is 74.9. The van der Waals surface area contributed by atoms with Crippen molar-refractivity contribution < 1.29 is 14.4 Å². The Balaban J connectivity index is 3.48. The van der Waals surface area contributed by atoms with Crippen LogP contribution in [0.5, 0.6) is 0 Å². The van der Waals surface area contributed by atoms with E-state index in [9.17, 15) is 4.57 Å². The summed E-state index contributed by atoms with van der Waals surface area (Å²) < 4.78 is 9.72. The van der Waals surface area contributed by atoms with E-state index in [0.717, 1.165) is 0 Å². The molecule has 5 heteroatoms. The molecule has 0 saturated carbocycles. The van der Waals surface area contributed by atoms with Crippen LogP contribution in [-0.2, 0) is 4.57 Å². The first kappa shape index (κ1) is 6.67. The van der Waals surface area contributed by atoms with E-state index >= 15 is 0 Å². The van der Waals surface area contributed by atoms with Gasteiger partial charge < -0.3 is 0 Å². The molecule has 0 atom stereocenters. The molecule has 0 fully saturated rings. The second-order valence-corrected chi connectivity index (χ2v) is 7.31. The van der Waals surface area contributed by atoms with Gasteiger partial charge in [-0.25, -0.2) is 0 Å². The van der Waals surface area contributed by atoms with Gasteiger partial charge in [0.15, 0.2) is 0 Å². The molecule has 0 radical (unpaired) electrons. The zero-order valence-corrected chi connectivity index (χ0v) is 5.77. The quantitative estimate of drug-likeness (QED) is 0.429. The van der Waals surface area contributed by atoms with Crippen LogP contribution in [0.3, 0.4) is 0 Å². The van der Waals surface area contributed by atoms with Crippen LogP contribution >= 0.6 is 6.29 Å². The van der Waals surface area contributed by atoms with Crippen molar-refractivity contribution in [1.29, 1.82) is 0 Å². The third kappa shape index (κ3) is 4.67. The molecule has 0 aliphatic heterocycles. The van der Waals surface area contributed by atoms with Crippen molar-refractivity contribution in [2.24, 2.45) is 0 Å². The first-order chi connectivity index (χ1) is 2.56. The predicted octanol–water partition coefficient (Wildman–Crippen LogP) is -0.169. The molecule has 0 aromatic rings. The molecule has 0 bridgehead atoms. The van der Waals surface area contributed by atoms with E-state index in [4.69, 9.17) is 9.79 Å². The minimum absolute atomic E-state index is 0.521. The van der Waals surface area contributed by atoms with Gasteiger partial charge in [-0.2, -0.15) is 0 Å². The maximum absolute atomic E-state index is 9.72. The van der Waals surface area contributed by atoms with E-state index in [-0.39, 0.29) is 0 Å². The summed E-state index contributed by atoms with van der Waals surface area (Å²) in [6.07, 6.45) is -3.58. The molecular weight excluding hydrogens is 170 g/mol. The summed E-state index contributed by atoms with van der Waals surface area (Å²) in [4.78, 5) is 15.9. The van der Waals surface area contributed by atoms with Crippen molar-refractivity contribution in [3.8, 4) is 0 Å². The third-order valence-corrected chi connectivity index (χ3v) is 3.71. The standard InChI is InChI=1S/CH5O3PSe/c1-6-5(2,3)4/h1H3,(H2,2,3,4). The second-order valence-electron chi connectivity index (χ2n) is 0.673. The summed E-state index contributed by atoms with van der Waals surface area (Å²) in [7, 11) is 0. The van der Waals surface area contributed by atoms with Crippen molar-refractivity contribution in [1.82, 2.24) is 0 Å². The van der Waals surface area contributed by atoms with Crippen molar-refractivity contribution >= 4 is 20.8 Å². The Morgan fingerprint density at radius 1 is 1.67 bits per heavy atom. The second kappa shape index (κ2) is 2.10. The van der Waals surface area contributed by atoms with Crippen molar-refractivity contribution in [3.63, 3.8) is 0 Å². The van der Waals surface area contributed by atoms with E-state index in [1.165, 1.54) is 5.82 Å². The molecule has 0 aliphatic carbocycles. The molecule has 0 amide bonds. The average Bonchev–Trinajstić information content (AvgIpc) is 1.35. The van der Waals surface area contributed by atoms with Gasteiger partial charge in [-0.15, -0.1) is 0 Å². The molecule has 2 N–H and O–H groups in total. The van der Waals surface area contributed by atoms with Crippen LogP contribution in [0.4, 0.5) is 0 Å². The minimum atomic E-state index is -3.58. The van der Waals surface area contributed by atoms with Crippen molar-refractivity contribution in [2.75, 3.05) is 0 Å². The van der Waals surface area contributed by atoms with Crippen molar-refractivity contribution in [2.45, 2.75) is 5.82 Å². The van der Waals surface area contributed by atoms with Gasteiger partial charge in [0, 0.05) is 0 Å². The van der Waals surface area contributed by atoms with Crippen LogP contribution in [-0.4, -0.2) is 24.3 Å². The van der Waals surface area contributed by atoms with E-state index < -0.39 is 20.8 Å². The van der Waals surface area contributed by atoms with Crippen LogP contribution in [0.15, 0.2) is 0 Å². The Morgan fingerprint density at radius 3 is 1.83 bits per heavy atom. The molecule has 0 heterocycles. The molecule has 0 aliphatic rings. The first-order valence-corrected chi connectivity index (χ1v) is 6.72. The molecule has 3 nitrogen and oxygen atoms in total. The summed E-state index contributed by atoms with van der Waals surface area (Å²) in [5, 5.41) is 0. The van der Waals surface area contributed by atoms with Crippen LogP contribution in [0.1, 0.15) is 0 Å². The molecule has 0 spiro atoms. The van der Waals surface area contributed by atoms with Gasteiger partial charge in [0.2, 0.25) is 0 Å². The molecule has 0 aromatic carbocycles. The zero-order chi connectivity index (χ0) is 5.21. The van der Waals surface area contributed by atoms with Gasteiger partial charge in [0.25, 0.3) is 0 Å². The monoisotopic (exact) mass is 176 g/mol. The summed E-state index contributed by atoms with van der Waals surface area (Å²) in [5.74, 6) is 1.51. The van der Waals surface area contributed by atoms with E-state index in [1.54, 1.807) is 0 Å². The van der Waals surface area contributed by atoms with Gasteiger partial charge in [-0.3, -0.25) is 0 Å².